The molecule has 18 heavy (non-hydrogen) atoms. The van der Waals surface area contributed by atoms with Crippen molar-refractivity contribution >= 4 is 28.8 Å². The van der Waals surface area contributed by atoms with Crippen LogP contribution in [-0.2, 0) is 6.42 Å². The van der Waals surface area contributed by atoms with Crippen LogP contribution >= 0.6 is 22.9 Å². The summed E-state index contributed by atoms with van der Waals surface area (Å²) in [6, 6.07) is 2.52. The van der Waals surface area contributed by atoms with Crippen LogP contribution in [0.3, 0.4) is 0 Å². The van der Waals surface area contributed by atoms with Crippen molar-refractivity contribution < 1.29 is 4.79 Å². The van der Waals surface area contributed by atoms with Gasteiger partial charge in [-0.05, 0) is 49.1 Å². The van der Waals surface area contributed by atoms with Crippen LogP contribution in [0.1, 0.15) is 47.8 Å². The Hall–Kier alpha value is -0.540. The predicted octanol–water partition coefficient (Wildman–Crippen LogP) is 3.93. The van der Waals surface area contributed by atoms with Crippen molar-refractivity contribution in [2.75, 3.05) is 12.4 Å². The Kier molecular flexibility index (Phi) is 5.07. The van der Waals surface area contributed by atoms with Gasteiger partial charge < -0.3 is 4.90 Å². The molecule has 2 nitrogen and oxygen atoms in total. The van der Waals surface area contributed by atoms with Crippen LogP contribution < -0.4 is 0 Å². The summed E-state index contributed by atoms with van der Waals surface area (Å²) in [4.78, 5) is 15.6. The number of hydrogen-bond donors (Lipinski definition) is 0. The van der Waals surface area contributed by atoms with E-state index >= 15 is 0 Å². The Labute approximate surface area is 118 Å². The third-order valence-corrected chi connectivity index (χ3v) is 4.84. The van der Waals surface area contributed by atoms with Gasteiger partial charge in [0.2, 0.25) is 0 Å². The topological polar surface area (TPSA) is 20.3 Å². The number of alkyl halides is 1. The zero-order valence-corrected chi connectivity index (χ0v) is 12.4. The highest BCUT2D eigenvalue weighted by Gasteiger charge is 2.30. The summed E-state index contributed by atoms with van der Waals surface area (Å²) in [5.74, 6) is 0.846. The highest BCUT2D eigenvalue weighted by molar-refractivity contribution is 7.12. The molecule has 1 saturated carbocycles. The van der Waals surface area contributed by atoms with Crippen LogP contribution in [0.25, 0.3) is 0 Å². The fourth-order valence-electron chi connectivity index (χ4n) is 2.31. The van der Waals surface area contributed by atoms with E-state index in [1.807, 2.05) is 5.38 Å². The second kappa shape index (κ2) is 6.58. The molecule has 4 heteroatoms. The van der Waals surface area contributed by atoms with Crippen LogP contribution in [-0.4, -0.2) is 29.3 Å². The molecule has 1 amide bonds. The number of nitrogens with zero attached hydrogens (tertiary/aromatic N) is 1. The van der Waals surface area contributed by atoms with Gasteiger partial charge in [0, 0.05) is 18.5 Å². The zero-order valence-electron chi connectivity index (χ0n) is 10.8. The van der Waals surface area contributed by atoms with Gasteiger partial charge in [-0.2, -0.15) is 0 Å². The third-order valence-electron chi connectivity index (χ3n) is 3.63. The van der Waals surface area contributed by atoms with Crippen LogP contribution in [0.5, 0.6) is 0 Å². The zero-order chi connectivity index (χ0) is 13.0. The van der Waals surface area contributed by atoms with Crippen LogP contribution in [0, 0.1) is 0 Å². The molecule has 1 heterocycles. The number of halogens is 1. The van der Waals surface area contributed by atoms with E-state index in [0.29, 0.717) is 11.9 Å². The van der Waals surface area contributed by atoms with Crippen LogP contribution in [0.2, 0.25) is 0 Å². The fraction of sp³-hybridized carbons (Fsp3) is 0.643. The van der Waals surface area contributed by atoms with E-state index < -0.39 is 0 Å². The molecule has 0 unspecified atom stereocenters. The number of thiophene rings is 1. The van der Waals surface area contributed by atoms with Crippen molar-refractivity contribution in [2.45, 2.75) is 45.1 Å². The first-order valence-corrected chi connectivity index (χ1v) is 8.12. The number of aryl methyl sites for hydroxylation is 1. The summed E-state index contributed by atoms with van der Waals surface area (Å²) in [5, 5.41) is 2.02. The Morgan fingerprint density at radius 1 is 1.56 bits per heavy atom. The summed E-state index contributed by atoms with van der Waals surface area (Å²) in [5.41, 5.74) is 1.18. The SMILES string of the molecule is CCc1ccsc1C(=O)N(CCCCl)C1CCC1. The quantitative estimate of drug-likeness (QED) is 0.725. The van der Waals surface area contributed by atoms with Crippen LogP contribution in [0.4, 0.5) is 0 Å². The number of carbonyl (C=O) groups excluding carboxylic acids is 1. The maximum absolute atomic E-state index is 12.6. The standard InChI is InChI=1S/C14H20ClNOS/c1-2-11-7-10-18-13(11)14(17)16(9-4-8-15)12-5-3-6-12/h7,10,12H,2-6,8-9H2,1H3. The Morgan fingerprint density at radius 2 is 2.33 bits per heavy atom. The van der Waals surface area contributed by atoms with Crippen molar-refractivity contribution in [1.29, 1.82) is 0 Å². The van der Waals surface area contributed by atoms with Gasteiger partial charge in [0.1, 0.15) is 0 Å². The van der Waals surface area contributed by atoms with Gasteiger partial charge in [0.25, 0.3) is 5.91 Å². The summed E-state index contributed by atoms with van der Waals surface area (Å²) in [6.07, 6.45) is 5.37. The molecule has 1 fully saturated rings. The van der Waals surface area contributed by atoms with Crippen molar-refractivity contribution in [3.63, 3.8) is 0 Å². The molecule has 1 aliphatic carbocycles. The first kappa shape index (κ1) is 13.9. The minimum Gasteiger partial charge on any atom is -0.335 e. The first-order chi connectivity index (χ1) is 8.77. The molecular formula is C14H20ClNOS. The Bertz CT molecular complexity index is 400. The van der Waals surface area contributed by atoms with Crippen molar-refractivity contribution in [2.24, 2.45) is 0 Å². The lowest BCUT2D eigenvalue weighted by Gasteiger charge is -2.37. The van der Waals surface area contributed by atoms with E-state index in [2.05, 4.69) is 17.9 Å². The molecule has 0 radical (unpaired) electrons. The van der Waals surface area contributed by atoms with Crippen molar-refractivity contribution in [3.8, 4) is 0 Å². The molecule has 2 rings (SSSR count). The first-order valence-electron chi connectivity index (χ1n) is 6.71. The minimum atomic E-state index is 0.219. The maximum Gasteiger partial charge on any atom is 0.264 e. The molecule has 0 aromatic carbocycles. The molecular weight excluding hydrogens is 266 g/mol. The van der Waals surface area contributed by atoms with Gasteiger partial charge in [-0.1, -0.05) is 6.92 Å². The molecule has 1 aliphatic rings. The third kappa shape index (κ3) is 2.89. The average Bonchev–Trinajstić information content (AvgIpc) is 2.79. The molecule has 0 N–H and O–H groups in total. The molecule has 1 aromatic rings. The number of amides is 1. The summed E-state index contributed by atoms with van der Waals surface area (Å²) in [6.45, 7) is 2.90. The van der Waals surface area contributed by atoms with Gasteiger partial charge in [-0.25, -0.2) is 0 Å². The number of rotatable bonds is 6. The van der Waals surface area contributed by atoms with Gasteiger partial charge in [-0.15, -0.1) is 22.9 Å². The van der Waals surface area contributed by atoms with Gasteiger partial charge >= 0.3 is 0 Å². The maximum atomic E-state index is 12.6. The lowest BCUT2D eigenvalue weighted by atomic mass is 9.91. The summed E-state index contributed by atoms with van der Waals surface area (Å²) < 4.78 is 0. The molecule has 100 valence electrons. The van der Waals surface area contributed by atoms with Crippen molar-refractivity contribution in [3.05, 3.63) is 21.9 Å². The summed E-state index contributed by atoms with van der Waals surface area (Å²) >= 11 is 7.34. The van der Waals surface area contributed by atoms with E-state index in [0.717, 1.165) is 37.1 Å². The van der Waals surface area contributed by atoms with E-state index in [4.69, 9.17) is 11.6 Å². The lowest BCUT2D eigenvalue weighted by Crippen LogP contribution is -2.44. The number of hydrogen-bond acceptors (Lipinski definition) is 2. The van der Waals surface area contributed by atoms with Crippen LogP contribution in [0.15, 0.2) is 11.4 Å². The Balaban J connectivity index is 2.11. The monoisotopic (exact) mass is 285 g/mol. The smallest absolute Gasteiger partial charge is 0.264 e. The molecule has 1 aromatic heterocycles. The van der Waals surface area contributed by atoms with E-state index in [1.54, 1.807) is 11.3 Å². The molecule has 0 spiro atoms. The van der Waals surface area contributed by atoms with Gasteiger partial charge in [-0.3, -0.25) is 4.79 Å². The largest absolute Gasteiger partial charge is 0.335 e. The summed E-state index contributed by atoms with van der Waals surface area (Å²) in [7, 11) is 0. The number of carbonyl (C=O) groups is 1. The highest BCUT2D eigenvalue weighted by Crippen LogP contribution is 2.28. The molecule has 0 atom stereocenters. The van der Waals surface area contributed by atoms with Gasteiger partial charge in [0.05, 0.1) is 4.88 Å². The molecule has 0 bridgehead atoms. The average molecular weight is 286 g/mol. The molecule has 0 saturated heterocycles. The second-order valence-electron chi connectivity index (χ2n) is 4.75. The van der Waals surface area contributed by atoms with E-state index in [1.165, 1.54) is 12.0 Å². The predicted molar refractivity (Wildman–Crippen MR) is 77.7 cm³/mol. The highest BCUT2D eigenvalue weighted by atomic mass is 35.5. The van der Waals surface area contributed by atoms with Crippen molar-refractivity contribution in [1.82, 2.24) is 4.90 Å². The second-order valence-corrected chi connectivity index (χ2v) is 6.05. The Morgan fingerprint density at radius 3 is 2.89 bits per heavy atom. The normalized spacial score (nSPS) is 15.4. The van der Waals surface area contributed by atoms with E-state index in [-0.39, 0.29) is 5.91 Å². The fourth-order valence-corrected chi connectivity index (χ4v) is 3.38. The molecule has 0 aliphatic heterocycles. The lowest BCUT2D eigenvalue weighted by molar-refractivity contribution is 0.0585. The van der Waals surface area contributed by atoms with E-state index in [9.17, 15) is 4.79 Å². The van der Waals surface area contributed by atoms with Gasteiger partial charge in [0.15, 0.2) is 0 Å². The minimum absolute atomic E-state index is 0.219.